The Hall–Kier alpha value is -1.22. The molecule has 0 atom stereocenters. The van der Waals surface area contributed by atoms with Gasteiger partial charge in [-0.15, -0.1) is 0 Å². The van der Waals surface area contributed by atoms with Crippen LogP contribution >= 0.6 is 0 Å². The zero-order chi connectivity index (χ0) is 13.8. The van der Waals surface area contributed by atoms with Gasteiger partial charge in [0, 0.05) is 6.08 Å². The van der Waals surface area contributed by atoms with Gasteiger partial charge in [-0.25, -0.2) is 0 Å². The smallest absolute Gasteiger partial charge is 0.265 e. The minimum Gasteiger partial charge on any atom is -0.519 e. The molecule has 0 unspecified atom stereocenters. The fraction of sp³-hybridized carbons (Fsp3) is 0.467. The maximum atomic E-state index is 6.13. The molecule has 0 saturated carbocycles. The molecule has 0 bridgehead atoms. The number of hydrogen-bond acceptors (Lipinski definition) is 2. The minimum absolute atomic E-state index is 0.168. The van der Waals surface area contributed by atoms with Crippen molar-refractivity contribution in [2.24, 2.45) is 0 Å². The van der Waals surface area contributed by atoms with Crippen molar-refractivity contribution < 1.29 is 9.16 Å². The zero-order valence-corrected chi connectivity index (χ0v) is 13.3. The number of ether oxygens (including phenoxy) is 1. The lowest BCUT2D eigenvalue weighted by molar-refractivity contribution is 0.145. The fourth-order valence-corrected chi connectivity index (χ4v) is 2.17. The summed E-state index contributed by atoms with van der Waals surface area (Å²) in [6.45, 7) is 11.1. The molecule has 0 fully saturated rings. The Morgan fingerprint density at radius 2 is 1.67 bits per heavy atom. The molecule has 0 spiro atoms. The number of hydrogen-bond donors (Lipinski definition) is 0. The van der Waals surface area contributed by atoms with Crippen LogP contribution < -0.4 is 0 Å². The molecule has 0 saturated heterocycles. The summed E-state index contributed by atoms with van der Waals surface area (Å²) in [5.41, 5.74) is 1.09. The van der Waals surface area contributed by atoms with Crippen LogP contribution in [0.25, 0.3) is 6.08 Å². The maximum absolute atomic E-state index is 6.13. The predicted molar refractivity (Wildman–Crippen MR) is 79.7 cm³/mol. The van der Waals surface area contributed by atoms with Gasteiger partial charge >= 0.3 is 0 Å². The van der Waals surface area contributed by atoms with Crippen LogP contribution in [0.2, 0.25) is 18.1 Å². The summed E-state index contributed by atoms with van der Waals surface area (Å²) in [6, 6.07) is 10.1. The van der Waals surface area contributed by atoms with Crippen molar-refractivity contribution in [3.63, 3.8) is 0 Å². The van der Waals surface area contributed by atoms with Crippen LogP contribution in [0.4, 0.5) is 0 Å². The summed E-state index contributed by atoms with van der Waals surface area (Å²) in [7, 11) is -0.181. The monoisotopic (exact) mass is 264 g/mol. The van der Waals surface area contributed by atoms with E-state index < -0.39 is 8.32 Å². The molecule has 0 aliphatic rings. The highest BCUT2D eigenvalue weighted by atomic mass is 28.4. The highest BCUT2D eigenvalue weighted by molar-refractivity contribution is 6.74. The van der Waals surface area contributed by atoms with E-state index in [9.17, 15) is 0 Å². The third kappa shape index (κ3) is 3.91. The normalized spacial score (nSPS) is 13.3. The summed E-state index contributed by atoms with van der Waals surface area (Å²) < 4.78 is 11.5. The molecule has 3 heteroatoms. The summed E-state index contributed by atoms with van der Waals surface area (Å²) >= 11 is 0. The van der Waals surface area contributed by atoms with E-state index >= 15 is 0 Å². The fourth-order valence-electron chi connectivity index (χ4n) is 1.22. The van der Waals surface area contributed by atoms with Crippen LogP contribution in [0.5, 0.6) is 0 Å². The predicted octanol–water partition coefficient (Wildman–Crippen LogP) is 4.65. The Bertz CT molecular complexity index is 402. The van der Waals surface area contributed by atoms with Gasteiger partial charge < -0.3 is 9.16 Å². The van der Waals surface area contributed by atoms with Crippen molar-refractivity contribution in [3.05, 3.63) is 41.8 Å². The van der Waals surface area contributed by atoms with Crippen LogP contribution in [-0.2, 0) is 9.16 Å². The zero-order valence-electron chi connectivity index (χ0n) is 12.3. The average Bonchev–Trinajstić information content (AvgIpc) is 2.27. The third-order valence-corrected chi connectivity index (χ3v) is 7.77. The lowest BCUT2D eigenvalue weighted by Crippen LogP contribution is -2.40. The Balaban J connectivity index is 2.90. The van der Waals surface area contributed by atoms with Crippen molar-refractivity contribution in [2.75, 3.05) is 7.11 Å². The first-order valence-electron chi connectivity index (χ1n) is 6.26. The molecule has 1 aromatic carbocycles. The number of methoxy groups -OCH3 is 1. The van der Waals surface area contributed by atoms with Gasteiger partial charge in [0.1, 0.15) is 0 Å². The average molecular weight is 264 g/mol. The summed E-state index contributed by atoms with van der Waals surface area (Å²) in [5, 5.41) is 0.168. The molecule has 0 aliphatic carbocycles. The van der Waals surface area contributed by atoms with Gasteiger partial charge in [-0.3, -0.25) is 0 Å². The maximum Gasteiger partial charge on any atom is 0.265 e. The highest BCUT2D eigenvalue weighted by Crippen LogP contribution is 2.38. The van der Waals surface area contributed by atoms with Gasteiger partial charge in [-0.1, -0.05) is 51.1 Å². The Morgan fingerprint density at radius 3 is 2.11 bits per heavy atom. The molecule has 18 heavy (non-hydrogen) atoms. The van der Waals surface area contributed by atoms with Crippen LogP contribution in [0.3, 0.4) is 0 Å². The first kappa shape index (κ1) is 14.8. The van der Waals surface area contributed by atoms with Crippen LogP contribution in [-0.4, -0.2) is 15.4 Å². The van der Waals surface area contributed by atoms with Gasteiger partial charge in [0.25, 0.3) is 14.3 Å². The van der Waals surface area contributed by atoms with E-state index in [-0.39, 0.29) is 5.04 Å². The summed E-state index contributed by atoms with van der Waals surface area (Å²) in [6.07, 6.45) is 1.94. The van der Waals surface area contributed by atoms with E-state index in [1.54, 1.807) is 7.11 Å². The second-order valence-corrected chi connectivity index (χ2v) is 10.7. The topological polar surface area (TPSA) is 18.5 Å². The molecular weight excluding hydrogens is 240 g/mol. The van der Waals surface area contributed by atoms with Gasteiger partial charge in [0.2, 0.25) is 0 Å². The highest BCUT2D eigenvalue weighted by Gasteiger charge is 2.39. The van der Waals surface area contributed by atoms with Crippen molar-refractivity contribution >= 4 is 14.4 Å². The molecular formula is C15H24O2Si. The second kappa shape index (κ2) is 5.61. The van der Waals surface area contributed by atoms with E-state index in [0.29, 0.717) is 5.95 Å². The quantitative estimate of drug-likeness (QED) is 0.582. The first-order valence-corrected chi connectivity index (χ1v) is 9.17. The third-order valence-electron chi connectivity index (χ3n) is 3.45. The lowest BCUT2D eigenvalue weighted by Gasteiger charge is -2.36. The Morgan fingerprint density at radius 1 is 1.11 bits per heavy atom. The van der Waals surface area contributed by atoms with Crippen molar-refractivity contribution in [1.82, 2.24) is 0 Å². The van der Waals surface area contributed by atoms with Crippen LogP contribution in [0.1, 0.15) is 26.3 Å². The van der Waals surface area contributed by atoms with E-state index in [1.807, 2.05) is 36.4 Å². The molecule has 0 aromatic heterocycles. The molecule has 1 rings (SSSR count). The molecule has 0 amide bonds. The van der Waals surface area contributed by atoms with Gasteiger partial charge in [0.05, 0.1) is 7.11 Å². The largest absolute Gasteiger partial charge is 0.519 e. The van der Waals surface area contributed by atoms with Gasteiger partial charge in [-0.2, -0.15) is 0 Å². The molecule has 100 valence electrons. The molecule has 1 aromatic rings. The van der Waals surface area contributed by atoms with E-state index in [1.165, 1.54) is 0 Å². The first-order chi connectivity index (χ1) is 8.26. The Kier molecular flexibility index (Phi) is 4.63. The van der Waals surface area contributed by atoms with E-state index in [2.05, 4.69) is 33.9 Å². The molecule has 2 nitrogen and oxygen atoms in total. The SMILES string of the molecule is CO/C(=C/c1ccccc1)O[Si](C)(C)C(C)(C)C. The number of rotatable bonds is 4. The van der Waals surface area contributed by atoms with E-state index in [0.717, 1.165) is 5.56 Å². The van der Waals surface area contributed by atoms with Crippen molar-refractivity contribution in [2.45, 2.75) is 38.9 Å². The minimum atomic E-state index is -1.84. The summed E-state index contributed by atoms with van der Waals surface area (Å²) in [4.78, 5) is 0. The summed E-state index contributed by atoms with van der Waals surface area (Å²) in [5.74, 6) is 0.604. The second-order valence-electron chi connectivity index (χ2n) is 5.94. The van der Waals surface area contributed by atoms with Crippen molar-refractivity contribution in [3.8, 4) is 0 Å². The van der Waals surface area contributed by atoms with Crippen LogP contribution in [0.15, 0.2) is 36.3 Å². The molecule has 0 radical (unpaired) electrons. The molecule has 0 aliphatic heterocycles. The lowest BCUT2D eigenvalue weighted by atomic mass is 10.2. The standard InChI is InChI=1S/C15H24O2Si/c1-15(2,3)18(5,6)17-14(16-4)12-13-10-8-7-9-11-13/h7-12H,1-6H3/b14-12-. The van der Waals surface area contributed by atoms with E-state index in [4.69, 9.17) is 9.16 Å². The molecule has 0 N–H and O–H groups in total. The Labute approximate surface area is 112 Å². The van der Waals surface area contributed by atoms with Gasteiger partial charge in [-0.05, 0) is 23.7 Å². The molecule has 0 heterocycles. The van der Waals surface area contributed by atoms with Gasteiger partial charge in [0.15, 0.2) is 0 Å². The van der Waals surface area contributed by atoms with Crippen molar-refractivity contribution in [1.29, 1.82) is 0 Å². The number of benzene rings is 1. The van der Waals surface area contributed by atoms with Crippen LogP contribution in [0, 0.1) is 0 Å².